The first-order chi connectivity index (χ1) is 7.22. The zero-order valence-corrected chi connectivity index (χ0v) is 8.47. The summed E-state index contributed by atoms with van der Waals surface area (Å²) in [4.78, 5) is 10.8. The third-order valence-corrected chi connectivity index (χ3v) is 1.81. The van der Waals surface area contributed by atoms with Crippen molar-refractivity contribution in [2.75, 3.05) is 0 Å². The minimum absolute atomic E-state index is 0.523. The van der Waals surface area contributed by atoms with E-state index >= 15 is 0 Å². The molecule has 3 heteroatoms. The van der Waals surface area contributed by atoms with Gasteiger partial charge in [0.05, 0.1) is 0 Å². The van der Waals surface area contributed by atoms with E-state index < -0.39 is 5.91 Å². The summed E-state index contributed by atoms with van der Waals surface area (Å²) in [5.74, 6) is -0.523. The summed E-state index contributed by atoms with van der Waals surface area (Å²) in [7, 11) is 0. The Morgan fingerprint density at radius 1 is 1.33 bits per heavy atom. The third-order valence-electron chi connectivity index (χ3n) is 1.81. The Labute approximate surface area is 88.7 Å². The number of hydrogen-bond donors (Lipinski definition) is 2. The van der Waals surface area contributed by atoms with Crippen molar-refractivity contribution in [2.24, 2.45) is 0 Å². The lowest BCUT2D eigenvalue weighted by Gasteiger charge is -1.93. The number of rotatable bonds is 3. The Morgan fingerprint density at radius 2 is 2.00 bits per heavy atom. The number of nitrogens with one attached hydrogen (secondary N) is 1. The number of carbonyl (C=O) groups excluding carboxylic acids is 1. The molecule has 0 saturated carbocycles. The summed E-state index contributed by atoms with van der Waals surface area (Å²) < 4.78 is 0. The highest BCUT2D eigenvalue weighted by atomic mass is 16.5. The molecule has 0 aromatic heterocycles. The van der Waals surface area contributed by atoms with Crippen LogP contribution in [0.4, 0.5) is 0 Å². The molecule has 1 rings (SSSR count). The lowest BCUT2D eigenvalue weighted by Crippen LogP contribution is -2.15. The molecule has 0 bridgehead atoms. The standard InChI is InChI=1S/C12H13NO2/c1-10(9-12(14)13-15)7-8-11-5-3-2-4-6-11/h2-9,15H,1H3,(H,13,14)/b8-7+,10-9+. The van der Waals surface area contributed by atoms with Gasteiger partial charge >= 0.3 is 0 Å². The highest BCUT2D eigenvalue weighted by molar-refractivity contribution is 5.87. The van der Waals surface area contributed by atoms with Crippen molar-refractivity contribution in [3.63, 3.8) is 0 Å². The molecule has 0 fully saturated rings. The molecule has 0 atom stereocenters. The highest BCUT2D eigenvalue weighted by Crippen LogP contribution is 2.04. The number of benzene rings is 1. The fourth-order valence-corrected chi connectivity index (χ4v) is 1.08. The van der Waals surface area contributed by atoms with Gasteiger partial charge in [-0.25, -0.2) is 5.48 Å². The maximum Gasteiger partial charge on any atom is 0.267 e. The lowest BCUT2D eigenvalue weighted by atomic mass is 10.1. The molecule has 15 heavy (non-hydrogen) atoms. The van der Waals surface area contributed by atoms with E-state index in [4.69, 9.17) is 5.21 Å². The molecule has 0 saturated heterocycles. The number of hydrogen-bond acceptors (Lipinski definition) is 2. The zero-order chi connectivity index (χ0) is 11.1. The predicted molar refractivity (Wildman–Crippen MR) is 59.2 cm³/mol. The number of hydroxylamine groups is 1. The minimum Gasteiger partial charge on any atom is -0.288 e. The van der Waals surface area contributed by atoms with E-state index in [2.05, 4.69) is 0 Å². The van der Waals surface area contributed by atoms with Crippen LogP contribution in [0.5, 0.6) is 0 Å². The van der Waals surface area contributed by atoms with Gasteiger partial charge in [-0.3, -0.25) is 10.0 Å². The van der Waals surface area contributed by atoms with Crippen LogP contribution in [-0.4, -0.2) is 11.1 Å². The Morgan fingerprint density at radius 3 is 2.60 bits per heavy atom. The first kappa shape index (κ1) is 11.2. The van der Waals surface area contributed by atoms with E-state index in [0.717, 1.165) is 11.1 Å². The van der Waals surface area contributed by atoms with Crippen LogP contribution in [0.25, 0.3) is 6.08 Å². The molecular formula is C12H13NO2. The molecule has 1 amide bonds. The van der Waals surface area contributed by atoms with Gasteiger partial charge in [0, 0.05) is 6.08 Å². The molecular weight excluding hydrogens is 190 g/mol. The zero-order valence-electron chi connectivity index (χ0n) is 8.47. The molecule has 2 N–H and O–H groups in total. The van der Waals surface area contributed by atoms with Gasteiger partial charge in [0.2, 0.25) is 0 Å². The molecule has 1 aromatic carbocycles. The van der Waals surface area contributed by atoms with Gasteiger partial charge in [-0.1, -0.05) is 42.5 Å². The average Bonchev–Trinajstić information content (AvgIpc) is 2.27. The maximum absolute atomic E-state index is 10.8. The van der Waals surface area contributed by atoms with Crippen LogP contribution in [-0.2, 0) is 4.79 Å². The Balaban J connectivity index is 2.66. The van der Waals surface area contributed by atoms with Crippen molar-refractivity contribution in [3.8, 4) is 0 Å². The summed E-state index contributed by atoms with van der Waals surface area (Å²) in [6.07, 6.45) is 5.03. The Bertz CT molecular complexity index is 380. The van der Waals surface area contributed by atoms with Crippen molar-refractivity contribution in [1.29, 1.82) is 0 Å². The van der Waals surface area contributed by atoms with Gasteiger partial charge in [0.25, 0.3) is 5.91 Å². The van der Waals surface area contributed by atoms with Gasteiger partial charge in [0.15, 0.2) is 0 Å². The first-order valence-corrected chi connectivity index (χ1v) is 4.58. The van der Waals surface area contributed by atoms with E-state index in [9.17, 15) is 4.79 Å². The van der Waals surface area contributed by atoms with Gasteiger partial charge < -0.3 is 0 Å². The quantitative estimate of drug-likeness (QED) is 0.342. The maximum atomic E-state index is 10.8. The summed E-state index contributed by atoms with van der Waals surface area (Å²) in [6.45, 7) is 1.79. The molecule has 3 nitrogen and oxygen atoms in total. The largest absolute Gasteiger partial charge is 0.288 e. The SMILES string of the molecule is CC(/C=C/c1ccccc1)=C\C(=O)NO. The summed E-state index contributed by atoms with van der Waals surface area (Å²) >= 11 is 0. The van der Waals surface area contributed by atoms with Crippen molar-refractivity contribution in [3.05, 3.63) is 53.6 Å². The molecule has 1 aromatic rings. The fourth-order valence-electron chi connectivity index (χ4n) is 1.08. The minimum atomic E-state index is -0.523. The van der Waals surface area contributed by atoms with Gasteiger partial charge in [-0.15, -0.1) is 0 Å². The first-order valence-electron chi connectivity index (χ1n) is 4.58. The molecule has 0 spiro atoms. The number of allylic oxidation sites excluding steroid dienone is 2. The van der Waals surface area contributed by atoms with E-state index in [1.54, 1.807) is 12.4 Å². The predicted octanol–water partition coefficient (Wildman–Crippen LogP) is 2.15. The third kappa shape index (κ3) is 4.24. The average molecular weight is 203 g/mol. The van der Waals surface area contributed by atoms with Crippen LogP contribution >= 0.6 is 0 Å². The molecule has 0 radical (unpaired) electrons. The fraction of sp³-hybridized carbons (Fsp3) is 0.0833. The normalized spacial score (nSPS) is 11.7. The second-order valence-corrected chi connectivity index (χ2v) is 3.11. The Hall–Kier alpha value is -1.87. The monoisotopic (exact) mass is 203 g/mol. The smallest absolute Gasteiger partial charge is 0.267 e. The second-order valence-electron chi connectivity index (χ2n) is 3.11. The summed E-state index contributed by atoms with van der Waals surface area (Å²) in [6, 6.07) is 9.77. The second kappa shape index (κ2) is 5.78. The van der Waals surface area contributed by atoms with E-state index in [0.29, 0.717) is 0 Å². The van der Waals surface area contributed by atoms with Gasteiger partial charge in [0.1, 0.15) is 0 Å². The van der Waals surface area contributed by atoms with E-state index in [1.165, 1.54) is 6.08 Å². The highest BCUT2D eigenvalue weighted by Gasteiger charge is 1.91. The molecule has 0 unspecified atom stereocenters. The lowest BCUT2D eigenvalue weighted by molar-refractivity contribution is -0.124. The van der Waals surface area contributed by atoms with Gasteiger partial charge in [-0.05, 0) is 18.1 Å². The van der Waals surface area contributed by atoms with Crippen molar-refractivity contribution in [2.45, 2.75) is 6.92 Å². The molecule has 78 valence electrons. The van der Waals surface area contributed by atoms with Crippen LogP contribution < -0.4 is 5.48 Å². The summed E-state index contributed by atoms with van der Waals surface area (Å²) in [5.41, 5.74) is 3.38. The number of carbonyl (C=O) groups is 1. The van der Waals surface area contributed by atoms with E-state index in [-0.39, 0.29) is 0 Å². The van der Waals surface area contributed by atoms with Crippen LogP contribution in [0.15, 0.2) is 48.1 Å². The number of amides is 1. The van der Waals surface area contributed by atoms with Crippen molar-refractivity contribution in [1.82, 2.24) is 5.48 Å². The molecule has 0 aliphatic rings. The molecule has 0 aliphatic heterocycles. The van der Waals surface area contributed by atoms with Crippen LogP contribution in [0.3, 0.4) is 0 Å². The van der Waals surface area contributed by atoms with Crippen LogP contribution in [0, 0.1) is 0 Å². The molecule has 0 aliphatic carbocycles. The Kier molecular flexibility index (Phi) is 4.31. The van der Waals surface area contributed by atoms with E-state index in [1.807, 2.05) is 42.5 Å². The van der Waals surface area contributed by atoms with Crippen molar-refractivity contribution < 1.29 is 10.0 Å². The molecule has 0 heterocycles. The van der Waals surface area contributed by atoms with Gasteiger partial charge in [-0.2, -0.15) is 0 Å². The topological polar surface area (TPSA) is 49.3 Å². The van der Waals surface area contributed by atoms with Crippen LogP contribution in [0.1, 0.15) is 12.5 Å². The summed E-state index contributed by atoms with van der Waals surface area (Å²) in [5, 5.41) is 8.30. The van der Waals surface area contributed by atoms with Crippen LogP contribution in [0.2, 0.25) is 0 Å². The van der Waals surface area contributed by atoms with Crippen molar-refractivity contribution >= 4 is 12.0 Å².